The van der Waals surface area contributed by atoms with Gasteiger partial charge < -0.3 is 4.90 Å². The summed E-state index contributed by atoms with van der Waals surface area (Å²) in [6, 6.07) is 6.98. The van der Waals surface area contributed by atoms with Crippen LogP contribution in [-0.2, 0) is 6.54 Å². The largest absolute Gasteiger partial charge is 0.332 e. The van der Waals surface area contributed by atoms with Gasteiger partial charge in [0.1, 0.15) is 5.69 Å². The fourth-order valence-electron chi connectivity index (χ4n) is 1.64. The zero-order valence-electron chi connectivity index (χ0n) is 10.3. The van der Waals surface area contributed by atoms with E-state index < -0.39 is 0 Å². The van der Waals surface area contributed by atoms with Crippen molar-refractivity contribution in [2.75, 3.05) is 6.54 Å². The Morgan fingerprint density at radius 3 is 2.74 bits per heavy atom. The molecule has 6 heteroatoms. The molecule has 100 valence electrons. The Hall–Kier alpha value is -1.10. The molecule has 0 aliphatic carbocycles. The number of aromatic nitrogens is 1. The number of halogens is 2. The van der Waals surface area contributed by atoms with E-state index in [9.17, 15) is 4.79 Å². The molecule has 0 aliphatic rings. The molecule has 19 heavy (non-hydrogen) atoms. The molecular weight excluding hydrogens is 303 g/mol. The van der Waals surface area contributed by atoms with Crippen molar-refractivity contribution in [3.05, 3.63) is 50.4 Å². The molecule has 2 rings (SSSR count). The highest BCUT2D eigenvalue weighted by Crippen LogP contribution is 2.23. The smallest absolute Gasteiger partial charge is 0.272 e. The molecule has 0 spiro atoms. The van der Waals surface area contributed by atoms with Gasteiger partial charge in [0.2, 0.25) is 0 Å². The topological polar surface area (TPSA) is 33.2 Å². The van der Waals surface area contributed by atoms with Gasteiger partial charge in [0.15, 0.2) is 0 Å². The number of hydrogen-bond acceptors (Lipinski definition) is 3. The maximum Gasteiger partial charge on any atom is 0.272 e. The lowest BCUT2D eigenvalue weighted by Gasteiger charge is -2.19. The minimum absolute atomic E-state index is 0.130. The first-order valence-corrected chi connectivity index (χ1v) is 7.32. The molecule has 0 fully saturated rings. The Balaban J connectivity index is 2.15. The van der Waals surface area contributed by atoms with Gasteiger partial charge >= 0.3 is 0 Å². The minimum Gasteiger partial charge on any atom is -0.332 e. The number of rotatable bonds is 4. The van der Waals surface area contributed by atoms with Gasteiger partial charge in [-0.15, -0.1) is 11.3 Å². The van der Waals surface area contributed by atoms with E-state index in [1.54, 1.807) is 17.0 Å². The molecule has 1 amide bonds. The van der Waals surface area contributed by atoms with Crippen molar-refractivity contribution in [3.8, 4) is 0 Å². The van der Waals surface area contributed by atoms with E-state index >= 15 is 0 Å². The Morgan fingerprint density at radius 2 is 2.16 bits per heavy atom. The summed E-state index contributed by atoms with van der Waals surface area (Å²) >= 11 is 13.2. The highest BCUT2D eigenvalue weighted by Gasteiger charge is 2.16. The average molecular weight is 315 g/mol. The molecule has 0 aliphatic heterocycles. The van der Waals surface area contributed by atoms with Crippen molar-refractivity contribution in [1.29, 1.82) is 0 Å². The van der Waals surface area contributed by atoms with Crippen LogP contribution in [0.3, 0.4) is 0 Å². The maximum atomic E-state index is 12.3. The summed E-state index contributed by atoms with van der Waals surface area (Å²) in [7, 11) is 0. The fraction of sp³-hybridized carbons (Fsp3) is 0.231. The van der Waals surface area contributed by atoms with Crippen LogP contribution < -0.4 is 0 Å². The molecular formula is C13H12Cl2N2OS. The molecule has 0 radical (unpaired) electrons. The number of carbonyl (C=O) groups is 1. The predicted molar refractivity (Wildman–Crippen MR) is 79.0 cm³/mol. The summed E-state index contributed by atoms with van der Waals surface area (Å²) in [6.07, 6.45) is 1.53. The molecule has 0 unspecified atom stereocenters. The second-order valence-corrected chi connectivity index (χ2v) is 6.12. The van der Waals surface area contributed by atoms with Crippen LogP contribution in [0.2, 0.25) is 9.36 Å². The third-order valence-electron chi connectivity index (χ3n) is 2.59. The van der Waals surface area contributed by atoms with E-state index in [0.717, 1.165) is 9.21 Å². The third-order valence-corrected chi connectivity index (χ3v) is 4.04. The second-order valence-electron chi connectivity index (χ2n) is 3.88. The standard InChI is InChI=1S/C13H12Cl2N2OS/c1-2-17(8-10-3-4-12(15)19-10)13(18)11-7-9(14)5-6-16-11/h3-7H,2,8H2,1H3. The van der Waals surface area contributed by atoms with Crippen molar-refractivity contribution < 1.29 is 4.79 Å². The Morgan fingerprint density at radius 1 is 1.37 bits per heavy atom. The molecule has 2 aromatic heterocycles. The lowest BCUT2D eigenvalue weighted by Crippen LogP contribution is -2.30. The van der Waals surface area contributed by atoms with Crippen LogP contribution in [0.25, 0.3) is 0 Å². The SMILES string of the molecule is CCN(Cc1ccc(Cl)s1)C(=O)c1cc(Cl)ccn1. The summed E-state index contributed by atoms with van der Waals surface area (Å²) in [5.41, 5.74) is 0.358. The molecule has 0 N–H and O–H groups in total. The summed E-state index contributed by atoms with van der Waals surface area (Å²) in [5.74, 6) is -0.130. The minimum atomic E-state index is -0.130. The Labute approximate surface area is 125 Å². The van der Waals surface area contributed by atoms with Crippen LogP contribution in [0.4, 0.5) is 0 Å². The van der Waals surface area contributed by atoms with E-state index in [0.29, 0.717) is 23.8 Å². The van der Waals surface area contributed by atoms with Gasteiger partial charge in [0.25, 0.3) is 5.91 Å². The van der Waals surface area contributed by atoms with Gasteiger partial charge in [-0.1, -0.05) is 23.2 Å². The van der Waals surface area contributed by atoms with Crippen LogP contribution in [0.5, 0.6) is 0 Å². The molecule has 3 nitrogen and oxygen atoms in total. The first-order chi connectivity index (χ1) is 9.10. The number of nitrogens with zero attached hydrogens (tertiary/aromatic N) is 2. The first kappa shape index (κ1) is 14.3. The van der Waals surface area contributed by atoms with Crippen molar-refractivity contribution in [2.24, 2.45) is 0 Å². The Bertz CT molecular complexity index is 586. The monoisotopic (exact) mass is 314 g/mol. The quantitative estimate of drug-likeness (QED) is 0.850. The first-order valence-electron chi connectivity index (χ1n) is 5.75. The van der Waals surface area contributed by atoms with E-state index in [-0.39, 0.29) is 5.91 Å². The van der Waals surface area contributed by atoms with Crippen LogP contribution in [0.15, 0.2) is 30.5 Å². The number of thiophene rings is 1. The third kappa shape index (κ3) is 3.69. The molecule has 2 heterocycles. The summed E-state index contributed by atoms with van der Waals surface area (Å²) < 4.78 is 0.722. The van der Waals surface area contributed by atoms with E-state index in [1.807, 2.05) is 19.1 Å². The maximum absolute atomic E-state index is 12.3. The van der Waals surface area contributed by atoms with Crippen LogP contribution >= 0.6 is 34.5 Å². The van der Waals surface area contributed by atoms with Crippen LogP contribution in [0.1, 0.15) is 22.3 Å². The van der Waals surface area contributed by atoms with Crippen molar-refractivity contribution in [2.45, 2.75) is 13.5 Å². The number of hydrogen-bond donors (Lipinski definition) is 0. The molecule has 0 atom stereocenters. The summed E-state index contributed by atoms with van der Waals surface area (Å²) in [6.45, 7) is 3.06. The molecule has 0 saturated carbocycles. The number of amides is 1. The van der Waals surface area contributed by atoms with Crippen molar-refractivity contribution in [3.63, 3.8) is 0 Å². The lowest BCUT2D eigenvalue weighted by molar-refractivity contribution is 0.0748. The summed E-state index contributed by atoms with van der Waals surface area (Å²) in [4.78, 5) is 19.1. The van der Waals surface area contributed by atoms with Gasteiger partial charge in [0, 0.05) is 22.6 Å². The number of carbonyl (C=O) groups excluding carboxylic acids is 1. The highest BCUT2D eigenvalue weighted by molar-refractivity contribution is 7.16. The van der Waals surface area contributed by atoms with Gasteiger partial charge in [0.05, 0.1) is 10.9 Å². The molecule has 2 aromatic rings. The number of pyridine rings is 1. The average Bonchev–Trinajstić information content (AvgIpc) is 2.81. The van der Waals surface area contributed by atoms with E-state index in [1.165, 1.54) is 17.5 Å². The fourth-order valence-corrected chi connectivity index (χ4v) is 2.90. The second kappa shape index (κ2) is 6.37. The van der Waals surface area contributed by atoms with Gasteiger partial charge in [-0.3, -0.25) is 9.78 Å². The van der Waals surface area contributed by atoms with Crippen molar-refractivity contribution >= 4 is 40.4 Å². The highest BCUT2D eigenvalue weighted by atomic mass is 35.5. The summed E-state index contributed by atoms with van der Waals surface area (Å²) in [5, 5.41) is 0.508. The molecule has 0 aromatic carbocycles. The van der Waals surface area contributed by atoms with E-state index in [4.69, 9.17) is 23.2 Å². The van der Waals surface area contributed by atoms with Gasteiger partial charge in [-0.05, 0) is 31.2 Å². The van der Waals surface area contributed by atoms with Crippen LogP contribution in [-0.4, -0.2) is 22.3 Å². The normalized spacial score (nSPS) is 10.5. The van der Waals surface area contributed by atoms with Crippen LogP contribution in [0, 0.1) is 0 Å². The van der Waals surface area contributed by atoms with E-state index in [2.05, 4.69) is 4.98 Å². The van der Waals surface area contributed by atoms with Crippen molar-refractivity contribution in [1.82, 2.24) is 9.88 Å². The molecule has 0 bridgehead atoms. The van der Waals surface area contributed by atoms with Gasteiger partial charge in [-0.25, -0.2) is 0 Å². The zero-order valence-corrected chi connectivity index (χ0v) is 12.6. The Kier molecular flexibility index (Phi) is 4.80. The zero-order chi connectivity index (χ0) is 13.8. The molecule has 0 saturated heterocycles. The lowest BCUT2D eigenvalue weighted by atomic mass is 10.3. The predicted octanol–water partition coefficient (Wildman–Crippen LogP) is 4.11. The van der Waals surface area contributed by atoms with Gasteiger partial charge in [-0.2, -0.15) is 0 Å².